The van der Waals surface area contributed by atoms with E-state index in [2.05, 4.69) is 5.16 Å². The van der Waals surface area contributed by atoms with Crippen molar-refractivity contribution in [2.24, 2.45) is 0 Å². The van der Waals surface area contributed by atoms with Gasteiger partial charge in [-0.25, -0.2) is 0 Å². The largest absolute Gasteiger partial charge is 0.352 e. The molecular weight excluding hydrogens is 154 g/mol. The molecule has 0 amide bonds. The molecule has 0 radical (unpaired) electrons. The molecule has 3 heteroatoms. The van der Waals surface area contributed by atoms with Gasteiger partial charge in [0.15, 0.2) is 5.78 Å². The zero-order valence-corrected chi connectivity index (χ0v) is 6.57. The minimum absolute atomic E-state index is 0.0938. The van der Waals surface area contributed by atoms with Crippen molar-refractivity contribution in [2.45, 2.75) is 6.92 Å². The number of carbonyl (C=O) groups is 1. The summed E-state index contributed by atoms with van der Waals surface area (Å²) in [6.45, 7) is 1.47. The molecule has 2 aromatic rings. The summed E-state index contributed by atoms with van der Waals surface area (Å²) in [5.74, 6) is 0.245. The van der Waals surface area contributed by atoms with Gasteiger partial charge < -0.3 is 4.52 Å². The zero-order chi connectivity index (χ0) is 8.55. The Morgan fingerprint density at radius 1 is 1.42 bits per heavy atom. The van der Waals surface area contributed by atoms with Gasteiger partial charge >= 0.3 is 0 Å². The van der Waals surface area contributed by atoms with Crippen LogP contribution in [0.15, 0.2) is 28.8 Å². The number of hydrogen-bond acceptors (Lipinski definition) is 3. The van der Waals surface area contributed by atoms with Gasteiger partial charge in [-0.2, -0.15) is 0 Å². The molecule has 1 heterocycles. The minimum atomic E-state index is -0.0938. The Kier molecular flexibility index (Phi) is 1.43. The van der Waals surface area contributed by atoms with Crippen LogP contribution in [0, 0.1) is 0 Å². The number of aromatic nitrogens is 1. The maximum absolute atomic E-state index is 11.0. The van der Waals surface area contributed by atoms with Gasteiger partial charge in [-0.15, -0.1) is 0 Å². The molecule has 0 saturated heterocycles. The quantitative estimate of drug-likeness (QED) is 0.601. The number of benzene rings is 1. The molecule has 3 nitrogen and oxygen atoms in total. The molecule has 0 fully saturated rings. The van der Waals surface area contributed by atoms with Crippen molar-refractivity contribution in [2.75, 3.05) is 0 Å². The van der Waals surface area contributed by atoms with Crippen LogP contribution >= 0.6 is 0 Å². The highest BCUT2D eigenvalue weighted by atomic mass is 16.5. The lowest BCUT2D eigenvalue weighted by atomic mass is 10.2. The third-order valence-electron chi connectivity index (χ3n) is 1.70. The molecule has 0 aliphatic heterocycles. The Morgan fingerprint density at radius 2 is 2.17 bits per heavy atom. The number of nitrogens with zero attached hydrogens (tertiary/aromatic N) is 1. The number of rotatable bonds is 1. The lowest BCUT2D eigenvalue weighted by Gasteiger charge is -1.85. The van der Waals surface area contributed by atoms with E-state index in [1.807, 2.05) is 24.3 Å². The molecule has 1 aromatic heterocycles. The summed E-state index contributed by atoms with van der Waals surface area (Å²) in [7, 11) is 0. The van der Waals surface area contributed by atoms with Gasteiger partial charge in [0.2, 0.25) is 5.76 Å². The van der Waals surface area contributed by atoms with E-state index in [4.69, 9.17) is 4.52 Å². The fraction of sp³-hybridized carbons (Fsp3) is 0.111. The topological polar surface area (TPSA) is 43.1 Å². The zero-order valence-electron chi connectivity index (χ0n) is 6.57. The summed E-state index contributed by atoms with van der Waals surface area (Å²) in [4.78, 5) is 11.0. The van der Waals surface area contributed by atoms with Crippen molar-refractivity contribution in [1.29, 1.82) is 0 Å². The summed E-state index contributed by atoms with van der Waals surface area (Å²) in [5, 5.41) is 4.53. The lowest BCUT2D eigenvalue weighted by Crippen LogP contribution is -1.87. The third kappa shape index (κ3) is 0.906. The van der Waals surface area contributed by atoms with Gasteiger partial charge in [-0.3, -0.25) is 4.79 Å². The number of ketones is 1. The van der Waals surface area contributed by atoms with Gasteiger partial charge in [-0.1, -0.05) is 17.3 Å². The smallest absolute Gasteiger partial charge is 0.209 e. The van der Waals surface area contributed by atoms with Crippen LogP contribution in [0.25, 0.3) is 10.9 Å². The predicted molar refractivity (Wildman–Crippen MR) is 44.0 cm³/mol. The van der Waals surface area contributed by atoms with Crippen molar-refractivity contribution >= 4 is 16.7 Å². The van der Waals surface area contributed by atoms with Crippen LogP contribution in [0.3, 0.4) is 0 Å². The maximum atomic E-state index is 11.0. The Labute approximate surface area is 69.0 Å². The van der Waals surface area contributed by atoms with Crippen LogP contribution in [0.1, 0.15) is 17.5 Å². The Morgan fingerprint density at radius 3 is 2.92 bits per heavy atom. The van der Waals surface area contributed by atoms with Crippen LogP contribution < -0.4 is 0 Å². The van der Waals surface area contributed by atoms with E-state index in [1.54, 1.807) is 0 Å². The van der Waals surface area contributed by atoms with Gasteiger partial charge in [-0.05, 0) is 12.1 Å². The van der Waals surface area contributed by atoms with Gasteiger partial charge in [0.05, 0.1) is 5.39 Å². The second-order valence-corrected chi connectivity index (χ2v) is 2.59. The highest BCUT2D eigenvalue weighted by Crippen LogP contribution is 2.17. The number of fused-ring (bicyclic) bond motifs is 1. The van der Waals surface area contributed by atoms with E-state index in [0.29, 0.717) is 5.76 Å². The van der Waals surface area contributed by atoms with E-state index in [-0.39, 0.29) is 5.78 Å². The first-order chi connectivity index (χ1) is 5.79. The van der Waals surface area contributed by atoms with Crippen LogP contribution in [-0.2, 0) is 0 Å². The van der Waals surface area contributed by atoms with E-state index < -0.39 is 0 Å². The second-order valence-electron chi connectivity index (χ2n) is 2.59. The normalized spacial score (nSPS) is 10.4. The fourth-order valence-corrected chi connectivity index (χ4v) is 1.14. The molecule has 0 atom stereocenters. The molecule has 2 rings (SSSR count). The average molecular weight is 161 g/mol. The van der Waals surface area contributed by atoms with E-state index in [9.17, 15) is 4.79 Å². The van der Waals surface area contributed by atoms with Gasteiger partial charge in [0.1, 0.15) is 5.52 Å². The summed E-state index contributed by atoms with van der Waals surface area (Å²) in [5.41, 5.74) is 0.725. The molecule has 0 saturated carbocycles. The highest BCUT2D eigenvalue weighted by molar-refractivity contribution is 6.03. The molecule has 1 aromatic carbocycles. The van der Waals surface area contributed by atoms with Crippen molar-refractivity contribution < 1.29 is 9.32 Å². The molecule has 60 valence electrons. The third-order valence-corrected chi connectivity index (χ3v) is 1.70. The average Bonchev–Trinajstić information content (AvgIpc) is 2.47. The first-order valence-corrected chi connectivity index (χ1v) is 3.64. The summed E-state index contributed by atoms with van der Waals surface area (Å²) in [6, 6.07) is 7.34. The fourth-order valence-electron chi connectivity index (χ4n) is 1.14. The Bertz CT molecular complexity index is 431. The molecule has 0 bridgehead atoms. The Hall–Kier alpha value is -1.64. The van der Waals surface area contributed by atoms with Crippen LogP contribution in [0.2, 0.25) is 0 Å². The minimum Gasteiger partial charge on any atom is -0.352 e. The standard InChI is InChI=1S/C9H7NO2/c1-6(11)9-7-4-2-3-5-8(7)10-12-9/h2-5H,1H3. The van der Waals surface area contributed by atoms with Crippen molar-refractivity contribution in [3.8, 4) is 0 Å². The summed E-state index contributed by atoms with van der Waals surface area (Å²) >= 11 is 0. The monoisotopic (exact) mass is 161 g/mol. The molecule has 12 heavy (non-hydrogen) atoms. The van der Waals surface area contributed by atoms with E-state index >= 15 is 0 Å². The highest BCUT2D eigenvalue weighted by Gasteiger charge is 2.10. The molecule has 0 spiro atoms. The summed E-state index contributed by atoms with van der Waals surface area (Å²) < 4.78 is 4.88. The van der Waals surface area contributed by atoms with Crippen LogP contribution in [-0.4, -0.2) is 10.9 Å². The molecule has 0 aliphatic rings. The number of carbonyl (C=O) groups excluding carboxylic acids is 1. The molecule has 0 aliphatic carbocycles. The van der Waals surface area contributed by atoms with Crippen molar-refractivity contribution in [1.82, 2.24) is 5.16 Å². The second kappa shape index (κ2) is 2.44. The SMILES string of the molecule is CC(=O)c1onc2ccccc12. The molecule has 0 unspecified atom stereocenters. The predicted octanol–water partition coefficient (Wildman–Crippen LogP) is 2.03. The van der Waals surface area contributed by atoms with Gasteiger partial charge in [0, 0.05) is 6.92 Å². The van der Waals surface area contributed by atoms with Crippen molar-refractivity contribution in [3.05, 3.63) is 30.0 Å². The van der Waals surface area contributed by atoms with Gasteiger partial charge in [0.25, 0.3) is 0 Å². The maximum Gasteiger partial charge on any atom is 0.209 e. The molecular formula is C9H7NO2. The first-order valence-electron chi connectivity index (χ1n) is 3.64. The first kappa shape index (κ1) is 7.03. The lowest BCUT2D eigenvalue weighted by molar-refractivity contribution is 0.0981. The number of Topliss-reactive ketones (excluding diaryl/α,β-unsaturated/α-hetero) is 1. The van der Waals surface area contributed by atoms with Crippen LogP contribution in [0.5, 0.6) is 0 Å². The van der Waals surface area contributed by atoms with E-state index in [0.717, 1.165) is 10.9 Å². The molecule has 0 N–H and O–H groups in total. The van der Waals surface area contributed by atoms with Crippen LogP contribution in [0.4, 0.5) is 0 Å². The van der Waals surface area contributed by atoms with E-state index in [1.165, 1.54) is 6.92 Å². The van der Waals surface area contributed by atoms with Crippen molar-refractivity contribution in [3.63, 3.8) is 0 Å². The summed E-state index contributed by atoms with van der Waals surface area (Å²) in [6.07, 6.45) is 0. The Balaban J connectivity index is 2.79. The number of hydrogen-bond donors (Lipinski definition) is 0.